The molecule has 0 amide bonds. The average Bonchev–Trinajstić information content (AvgIpc) is 3.13. The van der Waals surface area contributed by atoms with Gasteiger partial charge in [0.1, 0.15) is 53.9 Å². The van der Waals surface area contributed by atoms with Crippen LogP contribution in [0.2, 0.25) is 0 Å². The molecule has 5 rings (SSSR count). The van der Waals surface area contributed by atoms with E-state index in [1.54, 1.807) is 19.9 Å². The molecule has 18 heteroatoms. The summed E-state index contributed by atoms with van der Waals surface area (Å²) in [4.78, 5) is 50.0. The maximum Gasteiger partial charge on any atom is 0.306 e. The summed E-state index contributed by atoms with van der Waals surface area (Å²) >= 11 is 0. The molecular formula is C38H50O18. The van der Waals surface area contributed by atoms with Gasteiger partial charge in [-0.25, -0.2) is 0 Å². The first-order valence-electron chi connectivity index (χ1n) is 18.3. The first-order valence-corrected chi connectivity index (χ1v) is 18.3. The number of carbonyl (C=O) groups excluding carboxylic acids is 3. The second-order valence-electron chi connectivity index (χ2n) is 14.5. The van der Waals surface area contributed by atoms with Crippen molar-refractivity contribution < 1.29 is 88.1 Å². The van der Waals surface area contributed by atoms with E-state index in [2.05, 4.69) is 0 Å². The average molecular weight is 795 g/mol. The van der Waals surface area contributed by atoms with Crippen LogP contribution in [0.15, 0.2) is 12.1 Å². The van der Waals surface area contributed by atoms with Crippen LogP contribution in [0.5, 0.6) is 17.2 Å². The topological polar surface area (TPSA) is 274 Å². The third-order valence-electron chi connectivity index (χ3n) is 10.7. The fraction of sp³-hybridized carbons (Fsp3) is 0.632. The number of aliphatic carboxylic acids is 1. The van der Waals surface area contributed by atoms with Crippen LogP contribution in [-0.4, -0.2) is 147 Å². The van der Waals surface area contributed by atoms with Crippen LogP contribution in [-0.2, 0) is 49.2 Å². The van der Waals surface area contributed by atoms with Gasteiger partial charge in [-0.05, 0) is 57.2 Å². The van der Waals surface area contributed by atoms with Crippen molar-refractivity contribution in [3.63, 3.8) is 0 Å². The molecule has 2 aliphatic heterocycles. The normalized spacial score (nSPS) is 30.9. The number of phenols is 2. The number of carbonyl (C=O) groups is 4. The molecule has 2 fully saturated rings. The molecule has 2 heterocycles. The summed E-state index contributed by atoms with van der Waals surface area (Å²) in [6, 6.07) is 3.07. The van der Waals surface area contributed by atoms with Gasteiger partial charge in [0, 0.05) is 38.5 Å². The number of aliphatic hydroxyl groups excluding tert-OH is 4. The van der Waals surface area contributed by atoms with Crippen molar-refractivity contribution in [3.05, 3.63) is 28.8 Å². The third kappa shape index (κ3) is 8.78. The molecule has 0 aromatic heterocycles. The lowest BCUT2D eigenvalue weighted by Crippen LogP contribution is -2.54. The SMILES string of the molecule is CO[C@@H]1C(=O)c2c(cc3cc(O[C@H]4CC(O[C@H]5CC(OC(=O)CCC(=O)O)[C@H](O)C(C)O5)[C@H](O)C(C)O4)c(C)c(O)c3c2O)C[C@H]1[C@H](OC)C(=O)[C@@H](O)[C@@H](C)O. The lowest BCUT2D eigenvalue weighted by atomic mass is 9.75. The zero-order chi connectivity index (χ0) is 41.3. The molecule has 0 saturated carbocycles. The molecule has 310 valence electrons. The summed E-state index contributed by atoms with van der Waals surface area (Å²) in [6.45, 7) is 5.89. The molecule has 7 N–H and O–H groups in total. The van der Waals surface area contributed by atoms with Crippen LogP contribution in [0, 0.1) is 12.8 Å². The summed E-state index contributed by atoms with van der Waals surface area (Å²) in [6.07, 6.45) is -15.1. The predicted molar refractivity (Wildman–Crippen MR) is 190 cm³/mol. The Labute approximate surface area is 321 Å². The highest BCUT2D eigenvalue weighted by atomic mass is 16.7. The number of phenolic OH excluding ortho intramolecular Hbond substituents is 2. The molecule has 2 aromatic carbocycles. The number of aromatic hydroxyl groups is 2. The molecule has 13 atom stereocenters. The Bertz CT molecular complexity index is 1790. The summed E-state index contributed by atoms with van der Waals surface area (Å²) < 4.78 is 40.3. The van der Waals surface area contributed by atoms with Crippen molar-refractivity contribution in [1.29, 1.82) is 0 Å². The fourth-order valence-electron chi connectivity index (χ4n) is 7.58. The number of rotatable bonds is 14. The molecule has 0 bridgehead atoms. The summed E-state index contributed by atoms with van der Waals surface area (Å²) in [5, 5.41) is 73.7. The van der Waals surface area contributed by atoms with Crippen LogP contribution < -0.4 is 4.74 Å². The second-order valence-corrected chi connectivity index (χ2v) is 14.5. The molecule has 4 unspecified atom stereocenters. The van der Waals surface area contributed by atoms with E-state index in [1.807, 2.05) is 0 Å². The van der Waals surface area contributed by atoms with Crippen LogP contribution in [0.4, 0.5) is 0 Å². The van der Waals surface area contributed by atoms with E-state index in [4.69, 9.17) is 38.3 Å². The number of ether oxygens (including phenoxy) is 7. The van der Waals surface area contributed by atoms with Crippen LogP contribution in [0.1, 0.15) is 67.9 Å². The van der Waals surface area contributed by atoms with E-state index < -0.39 is 127 Å². The Morgan fingerprint density at radius 1 is 0.929 bits per heavy atom. The van der Waals surface area contributed by atoms with Gasteiger partial charge in [-0.1, -0.05) is 0 Å². The van der Waals surface area contributed by atoms with Crippen molar-refractivity contribution in [3.8, 4) is 17.2 Å². The van der Waals surface area contributed by atoms with Gasteiger partial charge in [-0.15, -0.1) is 0 Å². The van der Waals surface area contributed by atoms with E-state index in [1.165, 1.54) is 34.1 Å². The minimum Gasteiger partial charge on any atom is -0.507 e. The monoisotopic (exact) mass is 794 g/mol. The molecule has 3 aliphatic rings. The Balaban J connectivity index is 1.38. The number of hydrogen-bond acceptors (Lipinski definition) is 17. The number of methoxy groups -OCH3 is 2. The van der Waals surface area contributed by atoms with Gasteiger partial charge >= 0.3 is 11.9 Å². The molecule has 1 aliphatic carbocycles. The minimum absolute atomic E-state index is 0.0356. The zero-order valence-electron chi connectivity index (χ0n) is 31.8. The number of benzene rings is 2. The van der Waals surface area contributed by atoms with Crippen LogP contribution in [0.3, 0.4) is 0 Å². The van der Waals surface area contributed by atoms with Gasteiger partial charge in [0.2, 0.25) is 6.29 Å². The summed E-state index contributed by atoms with van der Waals surface area (Å²) in [5.41, 5.74) is 0.357. The molecule has 2 saturated heterocycles. The van der Waals surface area contributed by atoms with Gasteiger partial charge in [0.25, 0.3) is 0 Å². The fourth-order valence-corrected chi connectivity index (χ4v) is 7.58. The van der Waals surface area contributed by atoms with E-state index in [0.717, 1.165) is 0 Å². The maximum absolute atomic E-state index is 13.8. The number of esters is 1. The van der Waals surface area contributed by atoms with Gasteiger partial charge in [-0.2, -0.15) is 0 Å². The zero-order valence-corrected chi connectivity index (χ0v) is 31.8. The first-order chi connectivity index (χ1) is 26.4. The standard InChI is InChI=1S/C38H50O18/c1-14-21(55-26-13-23(33(46)17(4)52-26)56-27-12-22(32(45)16(3)53-27)54-25(42)8-7-24(40)41)11-19-9-18-10-20(38(51-6)36(49)31(44)15(2)39)37(50-5)35(48)29(18)34(47)28(19)30(14)43/h9,11,15-17,20,22-23,26-27,31-33,37-39,43-47H,7-8,10,12-13H2,1-6H3,(H,40,41)/t15-,16?,17?,20-,22?,23?,26+,27+,31+,32-,33-,37+,38+/m1/s1. The lowest BCUT2D eigenvalue weighted by Gasteiger charge is -2.42. The van der Waals surface area contributed by atoms with Gasteiger partial charge in [-0.3, -0.25) is 19.2 Å². The highest BCUT2D eigenvalue weighted by Gasteiger charge is 2.47. The number of hydrogen-bond donors (Lipinski definition) is 7. The van der Waals surface area contributed by atoms with Gasteiger partial charge in [0.05, 0.1) is 48.2 Å². The van der Waals surface area contributed by atoms with E-state index >= 15 is 0 Å². The number of fused-ring (bicyclic) bond motifs is 2. The minimum atomic E-state index is -1.79. The molecule has 18 nitrogen and oxygen atoms in total. The molecule has 0 radical (unpaired) electrons. The number of carboxylic acids is 1. The van der Waals surface area contributed by atoms with Crippen LogP contribution in [0.25, 0.3) is 10.8 Å². The van der Waals surface area contributed by atoms with Crippen molar-refractivity contribution >= 4 is 34.3 Å². The Morgan fingerprint density at radius 3 is 2.16 bits per heavy atom. The smallest absolute Gasteiger partial charge is 0.306 e. The second kappa shape index (κ2) is 17.7. The maximum atomic E-state index is 13.8. The largest absolute Gasteiger partial charge is 0.507 e. The van der Waals surface area contributed by atoms with E-state index in [-0.39, 0.29) is 46.9 Å². The highest BCUT2D eigenvalue weighted by molar-refractivity contribution is 6.11. The van der Waals surface area contributed by atoms with Gasteiger partial charge in [0.15, 0.2) is 17.9 Å². The first kappa shape index (κ1) is 43.1. The van der Waals surface area contributed by atoms with Crippen LogP contribution >= 0.6 is 0 Å². The van der Waals surface area contributed by atoms with Crippen molar-refractivity contribution in [2.75, 3.05) is 14.2 Å². The van der Waals surface area contributed by atoms with E-state index in [0.29, 0.717) is 5.56 Å². The number of aliphatic hydroxyl groups is 4. The lowest BCUT2D eigenvalue weighted by molar-refractivity contribution is -0.299. The predicted octanol–water partition coefficient (Wildman–Crippen LogP) is 0.787. The quantitative estimate of drug-likeness (QED) is 0.130. The Morgan fingerprint density at radius 2 is 1.55 bits per heavy atom. The number of ketones is 2. The van der Waals surface area contributed by atoms with Crippen molar-refractivity contribution in [2.24, 2.45) is 5.92 Å². The molecular weight excluding hydrogens is 744 g/mol. The number of carboxylic acid groups (broad SMARTS) is 1. The Kier molecular flexibility index (Phi) is 13.6. The molecule has 56 heavy (non-hydrogen) atoms. The molecule has 2 aromatic rings. The van der Waals surface area contributed by atoms with Crippen molar-refractivity contribution in [1.82, 2.24) is 0 Å². The van der Waals surface area contributed by atoms with Crippen molar-refractivity contribution in [2.45, 2.75) is 133 Å². The summed E-state index contributed by atoms with van der Waals surface area (Å²) in [7, 11) is 2.48. The van der Waals surface area contributed by atoms with Gasteiger partial charge < -0.3 is 68.9 Å². The molecule has 0 spiro atoms. The highest BCUT2D eigenvalue weighted by Crippen LogP contribution is 2.46. The Hall–Kier alpha value is -3.98. The van der Waals surface area contributed by atoms with E-state index in [9.17, 15) is 49.8 Å². The third-order valence-corrected chi connectivity index (χ3v) is 10.7. The number of Topliss-reactive ketones (excluding diaryl/α,β-unsaturated/α-hetero) is 2. The summed E-state index contributed by atoms with van der Waals surface area (Å²) in [5.74, 6) is -5.27.